The van der Waals surface area contributed by atoms with E-state index in [9.17, 15) is 18.0 Å². The quantitative estimate of drug-likeness (QED) is 0.585. The summed E-state index contributed by atoms with van der Waals surface area (Å²) in [5.41, 5.74) is 3.48. The number of nitrogens with one attached hydrogen (secondary N) is 2. The molecule has 0 aliphatic heterocycles. The number of hydrogen-bond donors (Lipinski definition) is 2. The zero-order valence-corrected chi connectivity index (χ0v) is 15.7. The van der Waals surface area contributed by atoms with E-state index in [1.54, 1.807) is 18.3 Å². The zero-order chi connectivity index (χ0) is 21.0. The van der Waals surface area contributed by atoms with Crippen molar-refractivity contribution in [2.24, 2.45) is 0 Å². The first-order valence-electron chi connectivity index (χ1n) is 8.68. The first-order valence-corrected chi connectivity index (χ1v) is 8.68. The number of hydrogen-bond acceptors (Lipinski definition) is 4. The number of anilines is 3. The van der Waals surface area contributed by atoms with Gasteiger partial charge in [0, 0.05) is 17.6 Å². The Hall–Kier alpha value is -3.55. The molecule has 0 unspecified atom stereocenters. The van der Waals surface area contributed by atoms with Gasteiger partial charge in [-0.25, -0.2) is 4.98 Å². The number of nitrogens with zero attached hydrogens (tertiary/aromatic N) is 1. The summed E-state index contributed by atoms with van der Waals surface area (Å²) in [5.74, 6) is -0.440. The highest BCUT2D eigenvalue weighted by atomic mass is 19.4. The number of rotatable bonds is 5. The molecule has 1 aromatic heterocycles. The molecule has 0 spiro atoms. The Balaban J connectivity index is 1.78. The lowest BCUT2D eigenvalue weighted by Gasteiger charge is -2.15. The van der Waals surface area contributed by atoms with Gasteiger partial charge in [-0.2, -0.15) is 0 Å². The van der Waals surface area contributed by atoms with Gasteiger partial charge in [0.15, 0.2) is 0 Å². The summed E-state index contributed by atoms with van der Waals surface area (Å²) in [5, 5.41) is 5.84. The molecule has 0 aliphatic carbocycles. The fraction of sp³-hybridized carbons (Fsp3) is 0.143. The zero-order valence-electron chi connectivity index (χ0n) is 15.7. The third-order valence-electron chi connectivity index (χ3n) is 4.12. The fourth-order valence-electron chi connectivity index (χ4n) is 2.76. The van der Waals surface area contributed by atoms with Crippen molar-refractivity contribution in [2.75, 3.05) is 10.6 Å². The van der Waals surface area contributed by atoms with Crippen LogP contribution in [0.15, 0.2) is 60.8 Å². The maximum Gasteiger partial charge on any atom is 0.573 e. The van der Waals surface area contributed by atoms with E-state index < -0.39 is 12.3 Å². The molecule has 3 aromatic rings. The Labute approximate surface area is 165 Å². The average molecular weight is 401 g/mol. The molecule has 1 amide bonds. The lowest BCUT2D eigenvalue weighted by atomic mass is 10.1. The van der Waals surface area contributed by atoms with Crippen LogP contribution in [0, 0.1) is 13.8 Å². The normalized spacial score (nSPS) is 11.1. The van der Waals surface area contributed by atoms with Crippen molar-refractivity contribution in [3.63, 3.8) is 0 Å². The first-order chi connectivity index (χ1) is 13.7. The molecular weight excluding hydrogens is 383 g/mol. The maximum atomic E-state index is 12.7. The molecule has 0 fully saturated rings. The van der Waals surface area contributed by atoms with Crippen molar-refractivity contribution in [1.82, 2.24) is 4.98 Å². The van der Waals surface area contributed by atoms with E-state index in [0.717, 1.165) is 28.9 Å². The first kappa shape index (κ1) is 20.2. The molecule has 1 heterocycles. The lowest BCUT2D eigenvalue weighted by molar-refractivity contribution is -0.274. The minimum Gasteiger partial charge on any atom is -0.406 e. The van der Waals surface area contributed by atoms with Crippen molar-refractivity contribution >= 4 is 23.1 Å². The largest absolute Gasteiger partial charge is 0.573 e. The van der Waals surface area contributed by atoms with E-state index in [0.29, 0.717) is 17.1 Å². The summed E-state index contributed by atoms with van der Waals surface area (Å²) in [6, 6.07) is 14.0. The average Bonchev–Trinajstić information content (AvgIpc) is 2.65. The number of para-hydroxylation sites is 1. The molecule has 8 heteroatoms. The minimum absolute atomic E-state index is 0.297. The van der Waals surface area contributed by atoms with Gasteiger partial charge in [-0.05, 0) is 61.4 Å². The van der Waals surface area contributed by atoms with Gasteiger partial charge in [0.05, 0.1) is 5.56 Å². The summed E-state index contributed by atoms with van der Waals surface area (Å²) in [6.07, 6.45) is -3.20. The number of aromatic nitrogens is 1. The van der Waals surface area contributed by atoms with E-state index in [2.05, 4.69) is 20.4 Å². The van der Waals surface area contributed by atoms with Gasteiger partial charge in [-0.15, -0.1) is 13.2 Å². The number of carbonyl (C=O) groups excluding carboxylic acids is 1. The molecular formula is C21H18F3N3O2. The van der Waals surface area contributed by atoms with Crippen LogP contribution in [0.25, 0.3) is 0 Å². The van der Waals surface area contributed by atoms with Crippen LogP contribution >= 0.6 is 0 Å². The number of carbonyl (C=O) groups is 1. The van der Waals surface area contributed by atoms with E-state index in [-0.39, 0.29) is 5.75 Å². The molecule has 0 saturated heterocycles. The molecule has 2 N–H and O–H groups in total. The van der Waals surface area contributed by atoms with Gasteiger partial charge in [0.25, 0.3) is 5.91 Å². The number of aryl methyl sites for hydroxylation is 2. The van der Waals surface area contributed by atoms with Crippen LogP contribution < -0.4 is 15.4 Å². The summed E-state index contributed by atoms with van der Waals surface area (Å²) in [4.78, 5) is 17.0. The second kappa shape index (κ2) is 8.22. The Morgan fingerprint density at radius 1 is 0.966 bits per heavy atom. The van der Waals surface area contributed by atoms with Gasteiger partial charge in [0.1, 0.15) is 11.6 Å². The van der Waals surface area contributed by atoms with Crippen LogP contribution in [-0.4, -0.2) is 17.3 Å². The number of ether oxygens (including phenoxy) is 1. The molecule has 2 aromatic carbocycles. The molecule has 150 valence electrons. The highest BCUT2D eigenvalue weighted by Crippen LogP contribution is 2.27. The summed E-state index contributed by atoms with van der Waals surface area (Å²) in [7, 11) is 0. The number of halogens is 3. The lowest BCUT2D eigenvalue weighted by Crippen LogP contribution is -2.17. The van der Waals surface area contributed by atoms with Gasteiger partial charge in [0.2, 0.25) is 0 Å². The number of alkyl halides is 3. The Kier molecular flexibility index (Phi) is 5.72. The molecule has 29 heavy (non-hydrogen) atoms. The summed E-state index contributed by atoms with van der Waals surface area (Å²) < 4.78 is 40.6. The predicted octanol–water partition coefficient (Wildman–Crippen LogP) is 5.59. The molecule has 0 atom stereocenters. The number of pyridine rings is 1. The molecule has 0 saturated carbocycles. The Bertz CT molecular complexity index is 998. The SMILES string of the molecule is Cc1cccc(C)c1Nc1ncccc1C(=O)Nc1ccc(OC(F)(F)F)cc1. The highest BCUT2D eigenvalue weighted by Gasteiger charge is 2.31. The summed E-state index contributed by atoms with van der Waals surface area (Å²) >= 11 is 0. The monoisotopic (exact) mass is 401 g/mol. The van der Waals surface area contributed by atoms with Crippen molar-refractivity contribution in [3.8, 4) is 5.75 Å². The van der Waals surface area contributed by atoms with Crippen LogP contribution in [0.4, 0.5) is 30.4 Å². The number of amides is 1. The third-order valence-corrected chi connectivity index (χ3v) is 4.12. The van der Waals surface area contributed by atoms with Crippen LogP contribution in [0.1, 0.15) is 21.5 Å². The second-order valence-corrected chi connectivity index (χ2v) is 6.32. The summed E-state index contributed by atoms with van der Waals surface area (Å²) in [6.45, 7) is 3.89. The van der Waals surface area contributed by atoms with E-state index in [1.165, 1.54) is 12.1 Å². The molecule has 0 aliphatic rings. The van der Waals surface area contributed by atoms with Crippen molar-refractivity contribution in [3.05, 3.63) is 77.5 Å². The van der Waals surface area contributed by atoms with Crippen LogP contribution in [-0.2, 0) is 0 Å². The molecule has 5 nitrogen and oxygen atoms in total. The van der Waals surface area contributed by atoms with Crippen molar-refractivity contribution in [1.29, 1.82) is 0 Å². The fourth-order valence-corrected chi connectivity index (χ4v) is 2.76. The molecule has 0 bridgehead atoms. The van der Waals surface area contributed by atoms with Gasteiger partial charge < -0.3 is 15.4 Å². The molecule has 0 radical (unpaired) electrons. The van der Waals surface area contributed by atoms with Gasteiger partial charge in [-0.1, -0.05) is 18.2 Å². The van der Waals surface area contributed by atoms with Crippen molar-refractivity contribution < 1.29 is 22.7 Å². The number of benzene rings is 2. The van der Waals surface area contributed by atoms with Crippen LogP contribution in [0.3, 0.4) is 0 Å². The third kappa shape index (κ3) is 5.25. The minimum atomic E-state index is -4.77. The van der Waals surface area contributed by atoms with Gasteiger partial charge >= 0.3 is 6.36 Å². The van der Waals surface area contributed by atoms with Crippen LogP contribution in [0.2, 0.25) is 0 Å². The Morgan fingerprint density at radius 3 is 2.24 bits per heavy atom. The molecule has 3 rings (SSSR count). The smallest absolute Gasteiger partial charge is 0.406 e. The predicted molar refractivity (Wildman–Crippen MR) is 105 cm³/mol. The van der Waals surface area contributed by atoms with Crippen LogP contribution in [0.5, 0.6) is 5.75 Å². The topological polar surface area (TPSA) is 63.2 Å². The van der Waals surface area contributed by atoms with E-state index in [4.69, 9.17) is 0 Å². The maximum absolute atomic E-state index is 12.7. The highest BCUT2D eigenvalue weighted by molar-refractivity contribution is 6.07. The van der Waals surface area contributed by atoms with Crippen molar-refractivity contribution in [2.45, 2.75) is 20.2 Å². The van der Waals surface area contributed by atoms with E-state index >= 15 is 0 Å². The Morgan fingerprint density at radius 2 is 1.62 bits per heavy atom. The van der Waals surface area contributed by atoms with E-state index in [1.807, 2.05) is 32.0 Å². The standard InChI is InChI=1S/C21H18F3N3O2/c1-13-5-3-6-14(2)18(13)27-19-17(7-4-12-25-19)20(28)26-15-8-10-16(11-9-15)29-21(22,23)24/h3-12H,1-2H3,(H,25,27)(H,26,28). The second-order valence-electron chi connectivity index (χ2n) is 6.32. The van der Waals surface area contributed by atoms with Gasteiger partial charge in [-0.3, -0.25) is 4.79 Å².